The summed E-state index contributed by atoms with van der Waals surface area (Å²) in [6.07, 6.45) is -0.607. The molecule has 9 nitrogen and oxygen atoms in total. The second-order valence-corrected chi connectivity index (χ2v) is 9.30. The Balaban J connectivity index is 1.60. The van der Waals surface area contributed by atoms with Crippen molar-refractivity contribution in [1.82, 2.24) is 10.2 Å². The molecule has 1 aliphatic heterocycles. The van der Waals surface area contributed by atoms with Crippen molar-refractivity contribution in [3.05, 3.63) is 102 Å². The fourth-order valence-corrected chi connectivity index (χ4v) is 4.92. The van der Waals surface area contributed by atoms with E-state index in [1.807, 2.05) is 78.9 Å². The predicted octanol–water partition coefficient (Wildman–Crippen LogP) is 4.49. The van der Waals surface area contributed by atoms with Gasteiger partial charge in [-0.05, 0) is 35.6 Å². The van der Waals surface area contributed by atoms with Gasteiger partial charge in [0.2, 0.25) is 5.91 Å². The first-order valence-electron chi connectivity index (χ1n) is 12.9. The van der Waals surface area contributed by atoms with Crippen LogP contribution in [0.2, 0.25) is 0 Å². The van der Waals surface area contributed by atoms with Gasteiger partial charge in [0, 0.05) is 18.2 Å². The number of aryl methyl sites for hydroxylation is 1. The Morgan fingerprint density at radius 2 is 1.59 bits per heavy atom. The Morgan fingerprint density at radius 1 is 0.974 bits per heavy atom. The molecule has 3 aromatic rings. The highest BCUT2D eigenvalue weighted by atomic mass is 16.5. The number of carbonyl (C=O) groups is 3. The minimum Gasteiger partial charge on any atom is -0.465 e. The standard InChI is InChI=1S/C30H33N3O6/c1-38-29(35)32-27(26(22-11-4-2-5-12-22)23-13-6-3-7-14-23)28(34)31-25-15-9-8-10-21(25)16-17-24-20-39-19-18-33(24)30(36)37/h2-15,24,26-27H,16-20H2,1H3,(H,31,34)(H,32,35)(H,36,37)/t24?,27-/m0/s1. The number of ether oxygens (including phenoxy) is 2. The van der Waals surface area contributed by atoms with Gasteiger partial charge in [-0.2, -0.15) is 0 Å². The third kappa shape index (κ3) is 7.14. The molecule has 204 valence electrons. The number of carbonyl (C=O) groups excluding carboxylic acids is 2. The third-order valence-electron chi connectivity index (χ3n) is 6.89. The molecule has 3 aromatic carbocycles. The van der Waals surface area contributed by atoms with E-state index in [1.54, 1.807) is 6.07 Å². The highest BCUT2D eigenvalue weighted by Gasteiger charge is 2.33. The number of alkyl carbamates (subject to hydrolysis) is 1. The number of methoxy groups -OCH3 is 1. The van der Waals surface area contributed by atoms with E-state index in [1.165, 1.54) is 12.0 Å². The third-order valence-corrected chi connectivity index (χ3v) is 6.89. The minimum absolute atomic E-state index is 0.269. The summed E-state index contributed by atoms with van der Waals surface area (Å²) in [5.74, 6) is -0.888. The molecule has 39 heavy (non-hydrogen) atoms. The molecule has 0 saturated carbocycles. The molecule has 0 aliphatic carbocycles. The second kappa shape index (κ2) is 13.4. The summed E-state index contributed by atoms with van der Waals surface area (Å²) < 4.78 is 10.4. The van der Waals surface area contributed by atoms with E-state index < -0.39 is 30.1 Å². The van der Waals surface area contributed by atoms with Crippen LogP contribution in [0, 0.1) is 0 Å². The Morgan fingerprint density at radius 3 is 2.21 bits per heavy atom. The molecule has 0 radical (unpaired) electrons. The minimum atomic E-state index is -0.982. The fraction of sp³-hybridized carbons (Fsp3) is 0.300. The average Bonchev–Trinajstić information content (AvgIpc) is 2.97. The maximum absolute atomic E-state index is 13.9. The van der Waals surface area contributed by atoms with Gasteiger partial charge >= 0.3 is 12.2 Å². The number of anilines is 1. The maximum Gasteiger partial charge on any atom is 0.407 e. The van der Waals surface area contributed by atoms with Crippen LogP contribution in [0.5, 0.6) is 0 Å². The van der Waals surface area contributed by atoms with Gasteiger partial charge in [-0.25, -0.2) is 9.59 Å². The first-order valence-corrected chi connectivity index (χ1v) is 12.9. The lowest BCUT2D eigenvalue weighted by molar-refractivity contribution is -0.118. The summed E-state index contributed by atoms with van der Waals surface area (Å²) in [4.78, 5) is 39.3. The molecule has 0 bridgehead atoms. The molecule has 1 aliphatic rings. The number of morpholine rings is 1. The van der Waals surface area contributed by atoms with Crippen LogP contribution < -0.4 is 10.6 Å². The van der Waals surface area contributed by atoms with Crippen molar-refractivity contribution in [2.45, 2.75) is 30.8 Å². The lowest BCUT2D eigenvalue weighted by atomic mass is 9.84. The van der Waals surface area contributed by atoms with Crippen molar-refractivity contribution in [2.75, 3.05) is 32.2 Å². The molecule has 1 heterocycles. The smallest absolute Gasteiger partial charge is 0.407 e. The van der Waals surface area contributed by atoms with Crippen molar-refractivity contribution in [3.63, 3.8) is 0 Å². The molecule has 0 aromatic heterocycles. The SMILES string of the molecule is COC(=O)N[C@H](C(=O)Nc1ccccc1CCC1COCCN1C(=O)O)C(c1ccccc1)c1ccccc1. The van der Waals surface area contributed by atoms with E-state index in [-0.39, 0.29) is 6.04 Å². The molecule has 3 N–H and O–H groups in total. The lowest BCUT2D eigenvalue weighted by Crippen LogP contribution is -2.48. The summed E-state index contributed by atoms with van der Waals surface area (Å²) in [5.41, 5.74) is 3.17. The number of carboxylic acid groups (broad SMARTS) is 1. The quantitative estimate of drug-likeness (QED) is 0.375. The van der Waals surface area contributed by atoms with Crippen molar-refractivity contribution >= 4 is 23.8 Å². The zero-order valence-corrected chi connectivity index (χ0v) is 21.8. The van der Waals surface area contributed by atoms with Gasteiger partial charge in [-0.3, -0.25) is 4.79 Å². The zero-order valence-electron chi connectivity index (χ0n) is 21.8. The summed E-state index contributed by atoms with van der Waals surface area (Å²) in [7, 11) is 1.26. The maximum atomic E-state index is 13.9. The monoisotopic (exact) mass is 531 g/mol. The van der Waals surface area contributed by atoms with Crippen LogP contribution in [-0.4, -0.2) is 67.1 Å². The molecule has 2 atom stereocenters. The van der Waals surface area contributed by atoms with Crippen molar-refractivity contribution in [3.8, 4) is 0 Å². The van der Waals surface area contributed by atoms with E-state index in [0.717, 1.165) is 16.7 Å². The molecular formula is C30H33N3O6. The highest BCUT2D eigenvalue weighted by Crippen LogP contribution is 2.30. The van der Waals surface area contributed by atoms with Crippen LogP contribution in [0.25, 0.3) is 0 Å². The highest BCUT2D eigenvalue weighted by molar-refractivity contribution is 5.98. The summed E-state index contributed by atoms with van der Waals surface area (Å²) in [6, 6.07) is 25.2. The summed E-state index contributed by atoms with van der Waals surface area (Å²) in [6.45, 7) is 1.05. The van der Waals surface area contributed by atoms with Crippen LogP contribution >= 0.6 is 0 Å². The molecule has 1 fully saturated rings. The zero-order chi connectivity index (χ0) is 27.6. The van der Waals surface area contributed by atoms with Gasteiger partial charge in [0.15, 0.2) is 0 Å². The van der Waals surface area contributed by atoms with E-state index >= 15 is 0 Å². The first kappa shape index (κ1) is 27.7. The molecule has 1 unspecified atom stereocenters. The first-order chi connectivity index (χ1) is 19.0. The van der Waals surface area contributed by atoms with Gasteiger partial charge in [0.1, 0.15) is 6.04 Å². The van der Waals surface area contributed by atoms with Gasteiger partial charge in [-0.15, -0.1) is 0 Å². The molecule has 1 saturated heterocycles. The van der Waals surface area contributed by atoms with E-state index in [0.29, 0.717) is 38.3 Å². The largest absolute Gasteiger partial charge is 0.465 e. The van der Waals surface area contributed by atoms with Crippen LogP contribution in [-0.2, 0) is 20.7 Å². The number of benzene rings is 3. The van der Waals surface area contributed by atoms with Crippen LogP contribution in [0.15, 0.2) is 84.9 Å². The lowest BCUT2D eigenvalue weighted by Gasteiger charge is -2.33. The Kier molecular flexibility index (Phi) is 9.53. The second-order valence-electron chi connectivity index (χ2n) is 9.30. The normalized spacial score (nSPS) is 15.8. The summed E-state index contributed by atoms with van der Waals surface area (Å²) >= 11 is 0. The number of hydrogen-bond donors (Lipinski definition) is 3. The number of amides is 3. The van der Waals surface area contributed by atoms with Gasteiger partial charge in [-0.1, -0.05) is 78.9 Å². The van der Waals surface area contributed by atoms with Gasteiger partial charge in [0.05, 0.1) is 26.4 Å². The number of nitrogens with zero attached hydrogens (tertiary/aromatic N) is 1. The number of nitrogens with one attached hydrogen (secondary N) is 2. The molecule has 4 rings (SSSR count). The molecule has 0 spiro atoms. The van der Waals surface area contributed by atoms with E-state index in [4.69, 9.17) is 9.47 Å². The van der Waals surface area contributed by atoms with E-state index in [9.17, 15) is 19.5 Å². The number of para-hydroxylation sites is 1. The van der Waals surface area contributed by atoms with Crippen molar-refractivity contribution < 1.29 is 29.0 Å². The van der Waals surface area contributed by atoms with E-state index in [2.05, 4.69) is 10.6 Å². The molecular weight excluding hydrogens is 498 g/mol. The Labute approximate surface area is 227 Å². The van der Waals surface area contributed by atoms with Crippen LogP contribution in [0.1, 0.15) is 29.0 Å². The molecule has 9 heteroatoms. The predicted molar refractivity (Wildman–Crippen MR) is 147 cm³/mol. The van der Waals surface area contributed by atoms with Crippen LogP contribution in [0.4, 0.5) is 15.3 Å². The van der Waals surface area contributed by atoms with Gasteiger partial charge < -0.3 is 30.1 Å². The topological polar surface area (TPSA) is 117 Å². The molecule has 3 amide bonds. The Hall–Kier alpha value is -4.37. The Bertz CT molecular complexity index is 1210. The number of rotatable bonds is 9. The fourth-order valence-electron chi connectivity index (χ4n) is 4.92. The van der Waals surface area contributed by atoms with Crippen molar-refractivity contribution in [1.29, 1.82) is 0 Å². The van der Waals surface area contributed by atoms with Gasteiger partial charge in [0.25, 0.3) is 0 Å². The average molecular weight is 532 g/mol. The van der Waals surface area contributed by atoms with Crippen LogP contribution in [0.3, 0.4) is 0 Å². The summed E-state index contributed by atoms with van der Waals surface area (Å²) in [5, 5.41) is 15.3. The van der Waals surface area contributed by atoms with Crippen molar-refractivity contribution in [2.24, 2.45) is 0 Å². The number of hydrogen-bond acceptors (Lipinski definition) is 5.